The summed E-state index contributed by atoms with van der Waals surface area (Å²) < 4.78 is 8.92. The molecule has 0 N–H and O–H groups in total. The highest BCUT2D eigenvalue weighted by atomic mass is 15.0. The van der Waals surface area contributed by atoms with E-state index in [1.54, 1.807) is 0 Å². The summed E-state index contributed by atoms with van der Waals surface area (Å²) in [6.45, 7) is 33.3. The first kappa shape index (κ1) is 55.6. The van der Waals surface area contributed by atoms with E-state index in [0.717, 1.165) is 11.2 Å². The molecule has 0 unspecified atom stereocenters. The van der Waals surface area contributed by atoms with Gasteiger partial charge in [-0.1, -0.05) is 104 Å². The molecule has 0 bridgehead atoms. The lowest BCUT2D eigenvalue weighted by atomic mass is 10.1. The van der Waals surface area contributed by atoms with E-state index in [0.29, 0.717) is 0 Å². The Labute approximate surface area is 429 Å². The molecular formula is C64H80N8. The van der Waals surface area contributed by atoms with Crippen LogP contribution in [0.2, 0.25) is 0 Å². The minimum absolute atomic E-state index is 1.06. The number of benzene rings is 4. The van der Waals surface area contributed by atoms with E-state index in [-0.39, 0.29) is 0 Å². The standard InChI is InChI=1S/4C14H14N2.4C2H6/c1-9-4-5-12-11-6-7-15-8-13(11)16(3)14(12)10(9)2;1-9-4-5-11-12-8-15-7-6-13(12)16(3)14(11)10(9)2;1-9-6-7-11-13-12(5-4-8-15-13)16(3)14(11)10(9)2;1-9-6-7-11-12-5-4-8-15-14(12)16(3)13(11)10(9)2;4*1-2/h4*4-8H,1-3H3;4*1-2H3. The minimum atomic E-state index is 1.06. The van der Waals surface area contributed by atoms with Gasteiger partial charge in [0.15, 0.2) is 0 Å². The van der Waals surface area contributed by atoms with E-state index < -0.39 is 0 Å². The second kappa shape index (κ2) is 24.7. The van der Waals surface area contributed by atoms with Crippen LogP contribution in [-0.2, 0) is 28.2 Å². The highest BCUT2D eigenvalue weighted by molar-refractivity contribution is 6.11. The molecule has 12 aromatic rings. The van der Waals surface area contributed by atoms with Gasteiger partial charge in [-0.15, -0.1) is 0 Å². The van der Waals surface area contributed by atoms with Crippen LogP contribution in [0, 0.1) is 55.4 Å². The molecule has 0 aliphatic carbocycles. The predicted molar refractivity (Wildman–Crippen MR) is 316 cm³/mol. The molecule has 0 radical (unpaired) electrons. The van der Waals surface area contributed by atoms with Gasteiger partial charge in [0.2, 0.25) is 0 Å². The second-order valence-corrected chi connectivity index (χ2v) is 17.4. The third-order valence-electron chi connectivity index (χ3n) is 13.8. The quantitative estimate of drug-likeness (QED) is 0.152. The smallest absolute Gasteiger partial charge is 0.140 e. The Bertz CT molecular complexity index is 3270. The fourth-order valence-corrected chi connectivity index (χ4v) is 9.76. The van der Waals surface area contributed by atoms with Crippen molar-refractivity contribution in [2.45, 2.75) is 111 Å². The van der Waals surface area contributed by atoms with Crippen molar-refractivity contribution >= 4 is 87.5 Å². The third-order valence-corrected chi connectivity index (χ3v) is 13.8. The van der Waals surface area contributed by atoms with E-state index in [1.165, 1.54) is 121 Å². The van der Waals surface area contributed by atoms with Crippen LogP contribution in [0.1, 0.15) is 99.9 Å². The van der Waals surface area contributed by atoms with Crippen molar-refractivity contribution in [1.82, 2.24) is 38.2 Å². The first-order valence-corrected chi connectivity index (χ1v) is 25.9. The second-order valence-electron chi connectivity index (χ2n) is 17.4. The van der Waals surface area contributed by atoms with Crippen LogP contribution in [0.5, 0.6) is 0 Å². The SMILES string of the molecule is CC.CC.CC.CC.Cc1ccc2c3cccnc3n(C)c2c1C.Cc1ccc2c3ccncc3n(C)c2c1C.Cc1ccc2c3cnccc3n(C)c2c1C.Cc1ccc2c3ncccc3n(C)c2c1C. The summed E-state index contributed by atoms with van der Waals surface area (Å²) in [4.78, 5) is 17.3. The van der Waals surface area contributed by atoms with Crippen LogP contribution in [0.25, 0.3) is 87.5 Å². The average molecular weight is 961 g/mol. The molecule has 12 rings (SSSR count). The van der Waals surface area contributed by atoms with Gasteiger partial charge in [-0.2, -0.15) is 0 Å². The van der Waals surface area contributed by atoms with Crippen molar-refractivity contribution in [3.63, 3.8) is 0 Å². The number of hydrogen-bond acceptors (Lipinski definition) is 4. The molecule has 0 saturated carbocycles. The zero-order valence-electron chi connectivity index (χ0n) is 47.1. The van der Waals surface area contributed by atoms with Crippen molar-refractivity contribution in [2.24, 2.45) is 28.2 Å². The fourth-order valence-electron chi connectivity index (χ4n) is 9.76. The van der Waals surface area contributed by atoms with Crippen molar-refractivity contribution in [3.8, 4) is 0 Å². The van der Waals surface area contributed by atoms with E-state index >= 15 is 0 Å². The average Bonchev–Trinajstić information content (AvgIpc) is 4.10. The molecule has 8 heterocycles. The van der Waals surface area contributed by atoms with Crippen molar-refractivity contribution in [1.29, 1.82) is 0 Å². The topological polar surface area (TPSA) is 71.3 Å². The summed E-state index contributed by atoms with van der Waals surface area (Å²) in [5.41, 5.74) is 21.8. The number of nitrogens with zero attached hydrogens (tertiary/aromatic N) is 8. The maximum Gasteiger partial charge on any atom is 0.140 e. The molecule has 0 aliphatic rings. The molecule has 4 aromatic carbocycles. The van der Waals surface area contributed by atoms with Crippen LogP contribution in [0.3, 0.4) is 0 Å². The van der Waals surface area contributed by atoms with E-state index in [9.17, 15) is 0 Å². The van der Waals surface area contributed by atoms with Crippen LogP contribution in [0.4, 0.5) is 0 Å². The molecule has 8 nitrogen and oxygen atoms in total. The summed E-state index contributed by atoms with van der Waals surface area (Å²) in [6, 6.07) is 29.9. The summed E-state index contributed by atoms with van der Waals surface area (Å²) >= 11 is 0. The summed E-state index contributed by atoms with van der Waals surface area (Å²) in [5.74, 6) is 0. The molecule has 376 valence electrons. The maximum absolute atomic E-state index is 4.48. The van der Waals surface area contributed by atoms with E-state index in [1.807, 2.05) is 105 Å². The lowest BCUT2D eigenvalue weighted by Gasteiger charge is -2.04. The van der Waals surface area contributed by atoms with Gasteiger partial charge < -0.3 is 18.3 Å². The summed E-state index contributed by atoms with van der Waals surface area (Å²) in [6.07, 6.45) is 11.3. The number of fused-ring (bicyclic) bond motifs is 12. The molecule has 72 heavy (non-hydrogen) atoms. The summed E-state index contributed by atoms with van der Waals surface area (Å²) in [7, 11) is 8.43. The molecule has 0 aliphatic heterocycles. The predicted octanol–water partition coefficient (Wildman–Crippen LogP) is 17.5. The van der Waals surface area contributed by atoms with Gasteiger partial charge in [-0.25, -0.2) is 4.98 Å². The van der Waals surface area contributed by atoms with Crippen molar-refractivity contribution in [2.75, 3.05) is 0 Å². The fraction of sp³-hybridized carbons (Fsp3) is 0.312. The first-order valence-electron chi connectivity index (χ1n) is 25.9. The highest BCUT2D eigenvalue weighted by Gasteiger charge is 2.14. The van der Waals surface area contributed by atoms with Gasteiger partial charge in [0.1, 0.15) is 5.65 Å². The van der Waals surface area contributed by atoms with E-state index in [4.69, 9.17) is 0 Å². The van der Waals surface area contributed by atoms with Gasteiger partial charge in [-0.3, -0.25) is 15.0 Å². The van der Waals surface area contributed by atoms with Gasteiger partial charge in [0.25, 0.3) is 0 Å². The Morgan fingerprint density at radius 1 is 0.306 bits per heavy atom. The highest BCUT2D eigenvalue weighted by Crippen LogP contribution is 2.34. The Kier molecular flexibility index (Phi) is 19.1. The summed E-state index contributed by atoms with van der Waals surface area (Å²) in [5, 5.41) is 8.94. The van der Waals surface area contributed by atoms with Crippen LogP contribution in [-0.4, -0.2) is 38.2 Å². The molecule has 8 heteroatoms. The Balaban J connectivity index is 0.000000170. The van der Waals surface area contributed by atoms with Crippen molar-refractivity contribution in [3.05, 3.63) is 167 Å². The van der Waals surface area contributed by atoms with E-state index in [2.05, 4.69) is 195 Å². The third kappa shape index (κ3) is 10.2. The van der Waals surface area contributed by atoms with Gasteiger partial charge in [0.05, 0.1) is 50.3 Å². The van der Waals surface area contributed by atoms with Gasteiger partial charge in [0, 0.05) is 96.9 Å². The Morgan fingerprint density at radius 3 is 1.26 bits per heavy atom. The van der Waals surface area contributed by atoms with Crippen molar-refractivity contribution < 1.29 is 0 Å². The number of pyridine rings is 4. The lowest BCUT2D eigenvalue weighted by molar-refractivity contribution is 0.983. The number of rotatable bonds is 0. The normalized spacial score (nSPS) is 10.5. The molecular weight excluding hydrogens is 881 g/mol. The lowest BCUT2D eigenvalue weighted by Crippen LogP contribution is -1.92. The molecule has 0 amide bonds. The number of hydrogen-bond donors (Lipinski definition) is 0. The Morgan fingerprint density at radius 2 is 0.708 bits per heavy atom. The van der Waals surface area contributed by atoms with Gasteiger partial charge in [-0.05, 0) is 136 Å². The number of aryl methyl sites for hydroxylation is 12. The number of aromatic nitrogens is 8. The molecule has 0 atom stereocenters. The van der Waals surface area contributed by atoms with Crippen LogP contribution >= 0.6 is 0 Å². The maximum atomic E-state index is 4.48. The van der Waals surface area contributed by atoms with Crippen LogP contribution < -0.4 is 0 Å². The minimum Gasteiger partial charge on any atom is -0.343 e. The molecule has 0 saturated heterocycles. The largest absolute Gasteiger partial charge is 0.343 e. The zero-order chi connectivity index (χ0) is 53.1. The molecule has 0 fully saturated rings. The monoisotopic (exact) mass is 961 g/mol. The molecule has 8 aromatic heterocycles. The first-order chi connectivity index (χ1) is 34.8. The van der Waals surface area contributed by atoms with Crippen LogP contribution in [0.15, 0.2) is 122 Å². The molecule has 0 spiro atoms. The Hall–Kier alpha value is -7.32. The zero-order valence-corrected chi connectivity index (χ0v) is 47.1. The van der Waals surface area contributed by atoms with Gasteiger partial charge >= 0.3 is 0 Å².